The van der Waals surface area contributed by atoms with Crippen molar-refractivity contribution >= 4 is 5.91 Å². The van der Waals surface area contributed by atoms with Gasteiger partial charge < -0.3 is 10.5 Å². The quantitative estimate of drug-likeness (QED) is 0.908. The van der Waals surface area contributed by atoms with E-state index in [1.807, 2.05) is 0 Å². The Hall–Kier alpha value is -1.76. The van der Waals surface area contributed by atoms with Gasteiger partial charge in [0.05, 0.1) is 0 Å². The van der Waals surface area contributed by atoms with E-state index in [-0.39, 0.29) is 17.6 Å². The van der Waals surface area contributed by atoms with Crippen LogP contribution in [0.2, 0.25) is 0 Å². The summed E-state index contributed by atoms with van der Waals surface area (Å²) in [4.78, 5) is 13.1. The van der Waals surface area contributed by atoms with Gasteiger partial charge >= 0.3 is 6.36 Å². The number of primary amides is 1. The Balaban J connectivity index is 1.95. The number of nitrogens with zero attached hydrogens (tertiary/aromatic N) is 1. The van der Waals surface area contributed by atoms with Crippen LogP contribution in [-0.4, -0.2) is 30.3 Å². The molecule has 1 aliphatic heterocycles. The van der Waals surface area contributed by atoms with Crippen LogP contribution in [0.1, 0.15) is 24.8 Å². The molecular formula is C15H19F3N2O2. The third kappa shape index (κ3) is 5.55. The van der Waals surface area contributed by atoms with Gasteiger partial charge in [-0.25, -0.2) is 0 Å². The molecule has 1 fully saturated rings. The SMILES string of the molecule is NC(=O)C[C@@H]1CCCN(Cc2cccc(OC(F)(F)F)c2)C1. The van der Waals surface area contributed by atoms with Gasteiger partial charge in [-0.3, -0.25) is 9.69 Å². The lowest BCUT2D eigenvalue weighted by Gasteiger charge is -2.32. The lowest BCUT2D eigenvalue weighted by Crippen LogP contribution is -2.36. The fourth-order valence-corrected chi connectivity index (χ4v) is 2.85. The summed E-state index contributed by atoms with van der Waals surface area (Å²) in [7, 11) is 0. The summed E-state index contributed by atoms with van der Waals surface area (Å²) < 4.78 is 40.6. The Kier molecular flexibility index (Phi) is 5.28. The van der Waals surface area contributed by atoms with Crippen LogP contribution in [0, 0.1) is 5.92 Å². The molecule has 2 rings (SSSR count). The molecule has 0 aliphatic carbocycles. The standard InChI is InChI=1S/C15H19F3N2O2/c16-15(17,18)22-13-5-1-3-11(7-13)9-20-6-2-4-12(10-20)8-14(19)21/h1,3,5,7,12H,2,4,6,8-10H2,(H2,19,21)/t12-/m0/s1. The molecule has 1 saturated heterocycles. The van der Waals surface area contributed by atoms with E-state index >= 15 is 0 Å². The van der Waals surface area contributed by atoms with Crippen molar-refractivity contribution in [2.24, 2.45) is 11.7 Å². The maximum absolute atomic E-state index is 12.2. The minimum absolute atomic E-state index is 0.212. The Bertz CT molecular complexity index is 520. The molecule has 1 atom stereocenters. The van der Waals surface area contributed by atoms with Crippen molar-refractivity contribution in [3.63, 3.8) is 0 Å². The topological polar surface area (TPSA) is 55.6 Å². The van der Waals surface area contributed by atoms with E-state index in [0.717, 1.165) is 31.5 Å². The third-order valence-electron chi connectivity index (χ3n) is 3.63. The van der Waals surface area contributed by atoms with Crippen molar-refractivity contribution in [3.05, 3.63) is 29.8 Å². The second kappa shape index (κ2) is 7.00. The third-order valence-corrected chi connectivity index (χ3v) is 3.63. The lowest BCUT2D eigenvalue weighted by molar-refractivity contribution is -0.274. The summed E-state index contributed by atoms with van der Waals surface area (Å²) in [5.74, 6) is -0.302. The Labute approximate surface area is 127 Å². The van der Waals surface area contributed by atoms with Crippen molar-refractivity contribution in [2.75, 3.05) is 13.1 Å². The molecule has 1 aromatic rings. The number of carbonyl (C=O) groups is 1. The number of piperidine rings is 1. The van der Waals surface area contributed by atoms with Crippen LogP contribution in [0.5, 0.6) is 5.75 Å². The molecule has 0 spiro atoms. The average Bonchev–Trinajstić information content (AvgIpc) is 2.36. The average molecular weight is 316 g/mol. The zero-order valence-corrected chi connectivity index (χ0v) is 12.1. The second-order valence-corrected chi connectivity index (χ2v) is 5.61. The molecule has 0 unspecified atom stereocenters. The highest BCUT2D eigenvalue weighted by Gasteiger charge is 2.31. The number of rotatable bonds is 5. The largest absolute Gasteiger partial charge is 0.573 e. The zero-order valence-electron chi connectivity index (χ0n) is 12.1. The summed E-state index contributed by atoms with van der Waals surface area (Å²) in [6, 6.07) is 5.98. The molecule has 0 aromatic heterocycles. The van der Waals surface area contributed by atoms with E-state index < -0.39 is 6.36 Å². The number of benzene rings is 1. The monoisotopic (exact) mass is 316 g/mol. The van der Waals surface area contributed by atoms with E-state index in [4.69, 9.17) is 5.73 Å². The summed E-state index contributed by atoms with van der Waals surface area (Å²) in [6.07, 6.45) is -2.42. The number of hydrogen-bond donors (Lipinski definition) is 1. The highest BCUT2D eigenvalue weighted by atomic mass is 19.4. The van der Waals surface area contributed by atoms with E-state index in [1.165, 1.54) is 12.1 Å². The zero-order chi connectivity index (χ0) is 16.2. The van der Waals surface area contributed by atoms with Gasteiger partial charge in [0.25, 0.3) is 0 Å². The molecular weight excluding hydrogens is 297 g/mol. The fourth-order valence-electron chi connectivity index (χ4n) is 2.85. The van der Waals surface area contributed by atoms with Crippen LogP contribution >= 0.6 is 0 Å². The summed E-state index contributed by atoms with van der Waals surface area (Å²) in [5, 5.41) is 0. The van der Waals surface area contributed by atoms with Crippen LogP contribution < -0.4 is 10.5 Å². The van der Waals surface area contributed by atoms with E-state index in [2.05, 4.69) is 9.64 Å². The minimum atomic E-state index is -4.68. The molecule has 1 amide bonds. The van der Waals surface area contributed by atoms with Gasteiger partial charge in [0, 0.05) is 19.5 Å². The number of nitrogens with two attached hydrogens (primary N) is 1. The van der Waals surface area contributed by atoms with Gasteiger partial charge in [-0.1, -0.05) is 12.1 Å². The number of alkyl halides is 3. The minimum Gasteiger partial charge on any atom is -0.406 e. The van der Waals surface area contributed by atoms with Gasteiger partial charge in [-0.05, 0) is 43.0 Å². The van der Waals surface area contributed by atoms with Crippen molar-refractivity contribution in [1.29, 1.82) is 0 Å². The first-order chi connectivity index (χ1) is 10.3. The van der Waals surface area contributed by atoms with E-state index in [9.17, 15) is 18.0 Å². The molecule has 1 aromatic carbocycles. The van der Waals surface area contributed by atoms with Gasteiger partial charge in [0.1, 0.15) is 5.75 Å². The predicted molar refractivity (Wildman–Crippen MR) is 74.9 cm³/mol. The lowest BCUT2D eigenvalue weighted by atomic mass is 9.94. The van der Waals surface area contributed by atoms with E-state index in [1.54, 1.807) is 12.1 Å². The van der Waals surface area contributed by atoms with Gasteiger partial charge in [-0.2, -0.15) is 0 Å². The van der Waals surface area contributed by atoms with Crippen LogP contribution in [0.25, 0.3) is 0 Å². The maximum atomic E-state index is 12.2. The number of likely N-dealkylation sites (tertiary alicyclic amines) is 1. The number of halogens is 3. The molecule has 1 aliphatic rings. The fraction of sp³-hybridized carbons (Fsp3) is 0.533. The highest BCUT2D eigenvalue weighted by Crippen LogP contribution is 2.25. The molecule has 22 heavy (non-hydrogen) atoms. The smallest absolute Gasteiger partial charge is 0.406 e. The van der Waals surface area contributed by atoms with Crippen LogP contribution in [0.4, 0.5) is 13.2 Å². The molecule has 122 valence electrons. The normalized spacial score (nSPS) is 19.9. The Morgan fingerprint density at radius 3 is 2.86 bits per heavy atom. The number of ether oxygens (including phenoxy) is 1. The van der Waals surface area contributed by atoms with Crippen molar-refractivity contribution in [3.8, 4) is 5.75 Å². The van der Waals surface area contributed by atoms with Crippen LogP contribution in [0.15, 0.2) is 24.3 Å². The molecule has 0 saturated carbocycles. The predicted octanol–water partition coefficient (Wildman–Crippen LogP) is 2.67. The van der Waals surface area contributed by atoms with E-state index in [0.29, 0.717) is 13.0 Å². The molecule has 0 bridgehead atoms. The van der Waals surface area contributed by atoms with Crippen LogP contribution in [-0.2, 0) is 11.3 Å². The van der Waals surface area contributed by atoms with Gasteiger partial charge in [-0.15, -0.1) is 13.2 Å². The first kappa shape index (κ1) is 16.6. The van der Waals surface area contributed by atoms with Crippen molar-refractivity contribution < 1.29 is 22.7 Å². The molecule has 4 nitrogen and oxygen atoms in total. The maximum Gasteiger partial charge on any atom is 0.573 e. The summed E-state index contributed by atoms with van der Waals surface area (Å²) in [6.45, 7) is 2.12. The first-order valence-electron chi connectivity index (χ1n) is 7.17. The Morgan fingerprint density at radius 2 is 2.18 bits per heavy atom. The number of hydrogen-bond acceptors (Lipinski definition) is 3. The number of amides is 1. The summed E-state index contributed by atoms with van der Waals surface area (Å²) in [5.41, 5.74) is 5.97. The molecule has 0 radical (unpaired) electrons. The number of carbonyl (C=O) groups excluding carboxylic acids is 1. The molecule has 2 N–H and O–H groups in total. The van der Waals surface area contributed by atoms with Crippen molar-refractivity contribution in [1.82, 2.24) is 4.90 Å². The van der Waals surface area contributed by atoms with Crippen molar-refractivity contribution in [2.45, 2.75) is 32.2 Å². The molecule has 1 heterocycles. The first-order valence-corrected chi connectivity index (χ1v) is 7.17. The van der Waals surface area contributed by atoms with Gasteiger partial charge in [0.2, 0.25) is 5.91 Å². The highest BCUT2D eigenvalue weighted by molar-refractivity contribution is 5.74. The Morgan fingerprint density at radius 1 is 1.41 bits per heavy atom. The van der Waals surface area contributed by atoms with Gasteiger partial charge in [0.15, 0.2) is 0 Å². The summed E-state index contributed by atoms with van der Waals surface area (Å²) >= 11 is 0. The van der Waals surface area contributed by atoms with Crippen LogP contribution in [0.3, 0.4) is 0 Å². The molecule has 7 heteroatoms. The second-order valence-electron chi connectivity index (χ2n) is 5.61.